The van der Waals surface area contributed by atoms with E-state index in [0.717, 1.165) is 34.7 Å². The van der Waals surface area contributed by atoms with E-state index in [2.05, 4.69) is 14.9 Å². The highest BCUT2D eigenvalue weighted by atomic mass is 16.5. The van der Waals surface area contributed by atoms with E-state index in [1.54, 1.807) is 0 Å². The number of carbonyl (C=O) groups is 1. The first-order chi connectivity index (χ1) is 12.7. The molecule has 1 aromatic heterocycles. The maximum atomic E-state index is 12.5. The molecule has 27 heavy (non-hydrogen) atoms. The van der Waals surface area contributed by atoms with Gasteiger partial charge in [0, 0.05) is 23.1 Å². The Labute approximate surface area is 160 Å². The lowest BCUT2D eigenvalue weighted by atomic mass is 9.86. The van der Waals surface area contributed by atoms with Crippen LogP contribution in [-0.4, -0.2) is 47.9 Å². The number of H-pyrrole nitrogens is 1. The van der Waals surface area contributed by atoms with Crippen LogP contribution < -0.4 is 4.74 Å². The number of fused-ring (bicyclic) bond motifs is 1. The average molecular weight is 365 g/mol. The molecular formula is C22H27N3O2. The Morgan fingerprint density at radius 2 is 1.81 bits per heavy atom. The van der Waals surface area contributed by atoms with E-state index in [1.165, 1.54) is 0 Å². The van der Waals surface area contributed by atoms with Crippen LogP contribution in [0.3, 0.4) is 0 Å². The molecule has 0 aliphatic rings. The number of rotatable bonds is 6. The van der Waals surface area contributed by atoms with E-state index in [-0.39, 0.29) is 5.78 Å². The predicted octanol–water partition coefficient (Wildman–Crippen LogP) is 4.40. The molecule has 5 nitrogen and oxygen atoms in total. The number of nitrogens with one attached hydrogen (secondary N) is 1. The second-order valence-corrected chi connectivity index (χ2v) is 8.07. The van der Waals surface area contributed by atoms with Crippen LogP contribution in [0.4, 0.5) is 0 Å². The molecule has 0 saturated heterocycles. The summed E-state index contributed by atoms with van der Waals surface area (Å²) >= 11 is 0. The first-order valence-electron chi connectivity index (χ1n) is 9.16. The number of nitrogens with zero attached hydrogens (tertiary/aromatic N) is 2. The maximum absolute atomic E-state index is 12.5. The lowest BCUT2D eigenvalue weighted by Gasteiger charge is -2.16. The third-order valence-electron chi connectivity index (χ3n) is 4.36. The minimum absolute atomic E-state index is 0.125. The number of hydrogen-bond donors (Lipinski definition) is 1. The van der Waals surface area contributed by atoms with Gasteiger partial charge in [0.15, 0.2) is 5.78 Å². The summed E-state index contributed by atoms with van der Waals surface area (Å²) in [7, 11) is 4.04. The van der Waals surface area contributed by atoms with Crippen molar-refractivity contribution in [2.24, 2.45) is 5.41 Å². The van der Waals surface area contributed by atoms with E-state index in [4.69, 9.17) is 4.74 Å². The molecule has 0 amide bonds. The van der Waals surface area contributed by atoms with Gasteiger partial charge in [-0.1, -0.05) is 20.8 Å². The van der Waals surface area contributed by atoms with Crippen molar-refractivity contribution in [3.05, 3.63) is 48.0 Å². The molecule has 3 aromatic rings. The number of aromatic amines is 1. The molecule has 1 heterocycles. The Morgan fingerprint density at radius 1 is 1.11 bits per heavy atom. The largest absolute Gasteiger partial charge is 0.492 e. The highest BCUT2D eigenvalue weighted by molar-refractivity contribution is 6.02. The van der Waals surface area contributed by atoms with Crippen LogP contribution >= 0.6 is 0 Å². The lowest BCUT2D eigenvalue weighted by molar-refractivity contribution is 0.0858. The number of carbonyl (C=O) groups excluding carboxylic acids is 1. The lowest BCUT2D eigenvalue weighted by Crippen LogP contribution is -2.19. The van der Waals surface area contributed by atoms with Crippen molar-refractivity contribution in [1.82, 2.24) is 14.9 Å². The Kier molecular flexibility index (Phi) is 5.33. The van der Waals surface area contributed by atoms with Crippen LogP contribution in [0.5, 0.6) is 5.75 Å². The fourth-order valence-corrected chi connectivity index (χ4v) is 2.78. The van der Waals surface area contributed by atoms with E-state index < -0.39 is 5.41 Å². The molecule has 0 unspecified atom stereocenters. The third-order valence-corrected chi connectivity index (χ3v) is 4.36. The molecule has 0 radical (unpaired) electrons. The van der Waals surface area contributed by atoms with Crippen LogP contribution in [0.15, 0.2) is 42.5 Å². The Balaban J connectivity index is 1.80. The molecule has 0 bridgehead atoms. The van der Waals surface area contributed by atoms with E-state index >= 15 is 0 Å². The van der Waals surface area contributed by atoms with Crippen LogP contribution in [0.25, 0.3) is 22.4 Å². The minimum Gasteiger partial charge on any atom is -0.492 e. The molecule has 0 aliphatic carbocycles. The van der Waals surface area contributed by atoms with Crippen molar-refractivity contribution in [2.45, 2.75) is 20.8 Å². The summed E-state index contributed by atoms with van der Waals surface area (Å²) < 4.78 is 5.73. The number of likely N-dealkylation sites (N-methyl/N-ethyl adjacent to an activating group) is 1. The van der Waals surface area contributed by atoms with Gasteiger partial charge in [-0.2, -0.15) is 0 Å². The summed E-state index contributed by atoms with van der Waals surface area (Å²) in [6, 6.07) is 13.5. The van der Waals surface area contributed by atoms with Crippen molar-refractivity contribution in [1.29, 1.82) is 0 Å². The van der Waals surface area contributed by atoms with Crippen LogP contribution in [0.1, 0.15) is 31.1 Å². The highest BCUT2D eigenvalue weighted by Gasteiger charge is 2.23. The normalized spacial score (nSPS) is 11.9. The van der Waals surface area contributed by atoms with Crippen molar-refractivity contribution in [3.8, 4) is 17.1 Å². The summed E-state index contributed by atoms with van der Waals surface area (Å²) in [6.07, 6.45) is 0. The standard InChI is InChI=1S/C22H27N3O2/c1-22(2,3)20(26)16-8-11-18-19(14-16)24-21(23-18)15-6-9-17(10-7-15)27-13-12-25(4)5/h6-11,14H,12-13H2,1-5H3,(H,23,24). The van der Waals surface area contributed by atoms with Gasteiger partial charge in [-0.3, -0.25) is 4.79 Å². The molecule has 0 aliphatic heterocycles. The highest BCUT2D eigenvalue weighted by Crippen LogP contribution is 2.26. The van der Waals surface area contributed by atoms with Crippen LogP contribution in [0.2, 0.25) is 0 Å². The smallest absolute Gasteiger partial charge is 0.168 e. The third kappa shape index (κ3) is 4.55. The molecule has 0 saturated carbocycles. The minimum atomic E-state index is -0.404. The number of imidazole rings is 1. The Hall–Kier alpha value is -2.66. The van der Waals surface area contributed by atoms with Gasteiger partial charge in [-0.25, -0.2) is 4.98 Å². The zero-order chi connectivity index (χ0) is 19.6. The van der Waals surface area contributed by atoms with Gasteiger partial charge in [0.1, 0.15) is 18.2 Å². The topological polar surface area (TPSA) is 58.2 Å². The first-order valence-corrected chi connectivity index (χ1v) is 9.16. The predicted molar refractivity (Wildman–Crippen MR) is 109 cm³/mol. The van der Waals surface area contributed by atoms with Gasteiger partial charge in [-0.15, -0.1) is 0 Å². The monoisotopic (exact) mass is 365 g/mol. The number of aromatic nitrogens is 2. The Bertz CT molecular complexity index is 934. The Morgan fingerprint density at radius 3 is 2.44 bits per heavy atom. The number of benzene rings is 2. The molecule has 0 fully saturated rings. The molecule has 3 rings (SSSR count). The summed E-state index contributed by atoms with van der Waals surface area (Å²) in [5.74, 6) is 1.75. The van der Waals surface area contributed by atoms with E-state index in [0.29, 0.717) is 12.2 Å². The van der Waals surface area contributed by atoms with Crippen molar-refractivity contribution in [3.63, 3.8) is 0 Å². The summed E-state index contributed by atoms with van der Waals surface area (Å²) in [5.41, 5.74) is 3.00. The van der Waals surface area contributed by atoms with Crippen LogP contribution in [-0.2, 0) is 0 Å². The van der Waals surface area contributed by atoms with Gasteiger partial charge < -0.3 is 14.6 Å². The van der Waals surface area contributed by atoms with Crippen molar-refractivity contribution < 1.29 is 9.53 Å². The van der Waals surface area contributed by atoms with Gasteiger partial charge >= 0.3 is 0 Å². The van der Waals surface area contributed by atoms with E-state index in [9.17, 15) is 4.79 Å². The van der Waals surface area contributed by atoms with Crippen molar-refractivity contribution in [2.75, 3.05) is 27.2 Å². The molecule has 2 aromatic carbocycles. The van der Waals surface area contributed by atoms with E-state index in [1.807, 2.05) is 77.3 Å². The quantitative estimate of drug-likeness (QED) is 0.658. The zero-order valence-electron chi connectivity index (χ0n) is 16.7. The number of hydrogen-bond acceptors (Lipinski definition) is 4. The maximum Gasteiger partial charge on any atom is 0.168 e. The molecule has 142 valence electrons. The number of ketones is 1. The van der Waals surface area contributed by atoms with Gasteiger partial charge in [0.05, 0.1) is 11.0 Å². The molecular weight excluding hydrogens is 338 g/mol. The first kappa shape index (κ1) is 19.1. The summed E-state index contributed by atoms with van der Waals surface area (Å²) in [5, 5.41) is 0. The fourth-order valence-electron chi connectivity index (χ4n) is 2.78. The molecule has 5 heteroatoms. The molecule has 1 N–H and O–H groups in total. The SMILES string of the molecule is CN(C)CCOc1ccc(-c2nc3ccc(C(=O)C(C)(C)C)cc3[nH]2)cc1. The number of Topliss-reactive ketones (excluding diaryl/α,β-unsaturated/α-hetero) is 1. The molecule has 0 spiro atoms. The van der Waals surface area contributed by atoms with Crippen molar-refractivity contribution >= 4 is 16.8 Å². The second kappa shape index (κ2) is 7.53. The van der Waals surface area contributed by atoms with Gasteiger partial charge in [-0.05, 0) is 56.6 Å². The fraction of sp³-hybridized carbons (Fsp3) is 0.364. The second-order valence-electron chi connectivity index (χ2n) is 8.07. The zero-order valence-corrected chi connectivity index (χ0v) is 16.7. The number of ether oxygens (including phenoxy) is 1. The summed E-state index contributed by atoms with van der Waals surface area (Å²) in [6.45, 7) is 7.32. The van der Waals surface area contributed by atoms with Crippen LogP contribution in [0, 0.1) is 5.41 Å². The average Bonchev–Trinajstić information content (AvgIpc) is 3.03. The van der Waals surface area contributed by atoms with Gasteiger partial charge in [0.25, 0.3) is 0 Å². The van der Waals surface area contributed by atoms with Gasteiger partial charge in [0.2, 0.25) is 0 Å². The molecule has 0 atom stereocenters. The summed E-state index contributed by atoms with van der Waals surface area (Å²) in [4.78, 5) is 22.6.